The number of carbonyl (C=O) groups excluding carboxylic acids is 1. The van der Waals surface area contributed by atoms with E-state index < -0.39 is 21.1 Å². The number of hydrogen-bond acceptors (Lipinski definition) is 4. The summed E-state index contributed by atoms with van der Waals surface area (Å²) in [5.74, 6) is -0.663. The van der Waals surface area contributed by atoms with E-state index >= 15 is 0 Å². The standard InChI is InChI=1S/C7H13BrO4S/c1-3-12-7(9)6(4-5-8)13(2,10)11/h6H,3-5H2,1-2H3/t6-/m1/s1. The average Bonchev–Trinajstić information content (AvgIpc) is 1.98. The SMILES string of the molecule is CCOC(=O)[C@@H](CCBr)S(C)(=O)=O. The predicted molar refractivity (Wildman–Crippen MR) is 53.7 cm³/mol. The summed E-state index contributed by atoms with van der Waals surface area (Å²) in [4.78, 5) is 11.2. The maximum atomic E-state index is 11.2. The Kier molecular flexibility index (Phi) is 5.55. The Morgan fingerprint density at radius 3 is 2.38 bits per heavy atom. The van der Waals surface area contributed by atoms with E-state index in [1.54, 1.807) is 6.92 Å². The fourth-order valence-electron chi connectivity index (χ4n) is 0.841. The van der Waals surface area contributed by atoms with Gasteiger partial charge in [-0.05, 0) is 13.3 Å². The van der Waals surface area contributed by atoms with E-state index in [0.717, 1.165) is 6.26 Å². The molecule has 1 atom stereocenters. The second-order valence-electron chi connectivity index (χ2n) is 2.55. The van der Waals surface area contributed by atoms with Crippen molar-refractivity contribution in [2.75, 3.05) is 18.2 Å². The monoisotopic (exact) mass is 272 g/mol. The summed E-state index contributed by atoms with van der Waals surface area (Å²) in [7, 11) is -3.35. The highest BCUT2D eigenvalue weighted by molar-refractivity contribution is 9.09. The van der Waals surface area contributed by atoms with Crippen LogP contribution in [0.3, 0.4) is 0 Å². The van der Waals surface area contributed by atoms with E-state index in [9.17, 15) is 13.2 Å². The van der Waals surface area contributed by atoms with E-state index in [0.29, 0.717) is 5.33 Å². The van der Waals surface area contributed by atoms with Crippen LogP contribution in [0.15, 0.2) is 0 Å². The van der Waals surface area contributed by atoms with E-state index in [-0.39, 0.29) is 13.0 Å². The molecule has 0 aliphatic heterocycles. The average molecular weight is 273 g/mol. The minimum absolute atomic E-state index is 0.202. The second-order valence-corrected chi connectivity index (χ2v) is 5.57. The quantitative estimate of drug-likeness (QED) is 0.547. The first-order valence-electron chi connectivity index (χ1n) is 3.85. The molecule has 0 spiro atoms. The molecule has 0 aromatic carbocycles. The molecular weight excluding hydrogens is 260 g/mol. The Balaban J connectivity index is 4.52. The molecule has 0 aromatic heterocycles. The number of alkyl halides is 1. The zero-order valence-electron chi connectivity index (χ0n) is 7.62. The Morgan fingerprint density at radius 2 is 2.08 bits per heavy atom. The molecule has 0 unspecified atom stereocenters. The molecule has 0 heterocycles. The lowest BCUT2D eigenvalue weighted by Crippen LogP contribution is -2.31. The first-order chi connectivity index (χ1) is 5.93. The maximum absolute atomic E-state index is 11.2. The number of halogens is 1. The van der Waals surface area contributed by atoms with Crippen LogP contribution in [0.1, 0.15) is 13.3 Å². The second kappa shape index (κ2) is 5.59. The van der Waals surface area contributed by atoms with Crippen molar-refractivity contribution in [1.29, 1.82) is 0 Å². The number of esters is 1. The summed E-state index contributed by atoms with van der Waals surface area (Å²) in [6.45, 7) is 1.85. The van der Waals surface area contributed by atoms with Crippen molar-refractivity contribution >= 4 is 31.7 Å². The van der Waals surface area contributed by atoms with Crippen LogP contribution in [0, 0.1) is 0 Å². The van der Waals surface area contributed by atoms with Gasteiger partial charge in [0.05, 0.1) is 6.61 Å². The topological polar surface area (TPSA) is 60.4 Å². The highest BCUT2D eigenvalue weighted by Gasteiger charge is 2.29. The van der Waals surface area contributed by atoms with Crippen LogP contribution in [-0.2, 0) is 19.4 Å². The zero-order valence-corrected chi connectivity index (χ0v) is 10.0. The van der Waals surface area contributed by atoms with Crippen LogP contribution < -0.4 is 0 Å². The predicted octanol–water partition coefficient (Wildman–Crippen LogP) is 0.748. The summed E-state index contributed by atoms with van der Waals surface area (Å²) in [6, 6.07) is 0. The molecule has 0 aliphatic rings. The minimum atomic E-state index is -3.35. The third-order valence-electron chi connectivity index (χ3n) is 1.44. The summed E-state index contributed by atoms with van der Waals surface area (Å²) in [6.07, 6.45) is 1.29. The molecule has 0 aromatic rings. The van der Waals surface area contributed by atoms with Gasteiger partial charge in [0.1, 0.15) is 0 Å². The summed E-state index contributed by atoms with van der Waals surface area (Å²) in [5.41, 5.74) is 0. The molecule has 0 aliphatic carbocycles. The molecule has 0 N–H and O–H groups in total. The van der Waals surface area contributed by atoms with Gasteiger partial charge in [0.25, 0.3) is 0 Å². The van der Waals surface area contributed by atoms with E-state index in [1.807, 2.05) is 0 Å². The molecule has 0 saturated heterocycles. The Labute approximate surface area is 86.7 Å². The zero-order chi connectivity index (χ0) is 10.5. The Hall–Kier alpha value is -0.100. The van der Waals surface area contributed by atoms with E-state index in [4.69, 9.17) is 0 Å². The lowest BCUT2D eigenvalue weighted by Gasteiger charge is -2.11. The molecule has 0 saturated carbocycles. The molecule has 0 rings (SSSR count). The smallest absolute Gasteiger partial charge is 0.324 e. The van der Waals surface area contributed by atoms with Crippen molar-refractivity contribution in [2.45, 2.75) is 18.6 Å². The van der Waals surface area contributed by atoms with Gasteiger partial charge in [0.15, 0.2) is 15.1 Å². The summed E-state index contributed by atoms with van der Waals surface area (Å²) < 4.78 is 26.9. The van der Waals surface area contributed by atoms with Crippen molar-refractivity contribution in [3.63, 3.8) is 0 Å². The summed E-state index contributed by atoms with van der Waals surface area (Å²) >= 11 is 3.09. The van der Waals surface area contributed by atoms with Crippen LogP contribution in [0.25, 0.3) is 0 Å². The maximum Gasteiger partial charge on any atom is 0.324 e. The van der Waals surface area contributed by atoms with Gasteiger partial charge in [-0.3, -0.25) is 4.79 Å². The highest BCUT2D eigenvalue weighted by atomic mass is 79.9. The number of sulfone groups is 1. The van der Waals surface area contributed by atoms with Crippen molar-refractivity contribution in [3.8, 4) is 0 Å². The number of hydrogen-bond donors (Lipinski definition) is 0. The molecule has 13 heavy (non-hydrogen) atoms. The van der Waals surface area contributed by atoms with Crippen LogP contribution in [0.2, 0.25) is 0 Å². The normalized spacial score (nSPS) is 13.8. The molecule has 78 valence electrons. The van der Waals surface area contributed by atoms with E-state index in [2.05, 4.69) is 20.7 Å². The van der Waals surface area contributed by atoms with Crippen molar-refractivity contribution in [1.82, 2.24) is 0 Å². The Morgan fingerprint density at radius 1 is 1.54 bits per heavy atom. The highest BCUT2D eigenvalue weighted by Crippen LogP contribution is 2.08. The van der Waals surface area contributed by atoms with Crippen molar-refractivity contribution < 1.29 is 17.9 Å². The fourth-order valence-corrected chi connectivity index (χ4v) is 2.57. The Bertz CT molecular complexity index is 260. The lowest BCUT2D eigenvalue weighted by atomic mass is 10.3. The third kappa shape index (κ3) is 4.61. The van der Waals surface area contributed by atoms with Gasteiger partial charge >= 0.3 is 5.97 Å². The first kappa shape index (κ1) is 12.9. The number of carbonyl (C=O) groups is 1. The molecule has 0 bridgehead atoms. The van der Waals surface area contributed by atoms with Gasteiger partial charge < -0.3 is 4.74 Å². The van der Waals surface area contributed by atoms with Gasteiger partial charge in [-0.2, -0.15) is 0 Å². The minimum Gasteiger partial charge on any atom is -0.465 e. The molecule has 4 nitrogen and oxygen atoms in total. The van der Waals surface area contributed by atoms with Crippen LogP contribution in [-0.4, -0.2) is 37.8 Å². The molecule has 0 amide bonds. The van der Waals surface area contributed by atoms with Gasteiger partial charge in [0, 0.05) is 11.6 Å². The van der Waals surface area contributed by atoms with Crippen LogP contribution >= 0.6 is 15.9 Å². The summed E-state index contributed by atoms with van der Waals surface area (Å²) in [5, 5.41) is -0.573. The first-order valence-corrected chi connectivity index (χ1v) is 6.92. The number of ether oxygens (including phenoxy) is 1. The fraction of sp³-hybridized carbons (Fsp3) is 0.857. The van der Waals surface area contributed by atoms with Crippen LogP contribution in [0.5, 0.6) is 0 Å². The largest absolute Gasteiger partial charge is 0.465 e. The molecule has 0 fully saturated rings. The molecule has 0 radical (unpaired) electrons. The van der Waals surface area contributed by atoms with Crippen molar-refractivity contribution in [2.24, 2.45) is 0 Å². The van der Waals surface area contributed by atoms with Gasteiger partial charge in [-0.15, -0.1) is 0 Å². The third-order valence-corrected chi connectivity index (χ3v) is 3.36. The van der Waals surface area contributed by atoms with Gasteiger partial charge in [0.2, 0.25) is 0 Å². The number of rotatable bonds is 5. The molecular formula is C7H13BrO4S. The van der Waals surface area contributed by atoms with Gasteiger partial charge in [-0.1, -0.05) is 15.9 Å². The van der Waals surface area contributed by atoms with Crippen LogP contribution in [0.4, 0.5) is 0 Å². The van der Waals surface area contributed by atoms with E-state index in [1.165, 1.54) is 0 Å². The lowest BCUT2D eigenvalue weighted by molar-refractivity contribution is -0.142. The van der Waals surface area contributed by atoms with Gasteiger partial charge in [-0.25, -0.2) is 8.42 Å². The molecule has 6 heteroatoms. The van der Waals surface area contributed by atoms with Crippen molar-refractivity contribution in [3.05, 3.63) is 0 Å².